The maximum Gasteiger partial charge on any atom is 0.240 e. The van der Waals surface area contributed by atoms with Gasteiger partial charge in [-0.3, -0.25) is 0 Å². The van der Waals surface area contributed by atoms with Gasteiger partial charge in [0, 0.05) is 6.54 Å². The topological polar surface area (TPSA) is 55.4 Å². The van der Waals surface area contributed by atoms with E-state index in [1.165, 1.54) is 17.7 Å². The number of nitrogens with one attached hydrogen (secondary N) is 1. The van der Waals surface area contributed by atoms with E-state index in [0.29, 0.717) is 0 Å². The van der Waals surface area contributed by atoms with Gasteiger partial charge in [0.15, 0.2) is 11.6 Å². The number of rotatable bonds is 6. The van der Waals surface area contributed by atoms with Crippen LogP contribution in [0.3, 0.4) is 0 Å². The fourth-order valence-electron chi connectivity index (χ4n) is 2.70. The summed E-state index contributed by atoms with van der Waals surface area (Å²) in [5, 5.41) is 0. The van der Waals surface area contributed by atoms with E-state index in [0.717, 1.165) is 24.8 Å². The van der Waals surface area contributed by atoms with Crippen LogP contribution in [0.2, 0.25) is 0 Å². The summed E-state index contributed by atoms with van der Waals surface area (Å²) in [4.78, 5) is 0.268. The lowest BCUT2D eigenvalue weighted by atomic mass is 10.1. The molecule has 0 saturated heterocycles. The van der Waals surface area contributed by atoms with Crippen LogP contribution < -0.4 is 9.46 Å². The summed E-state index contributed by atoms with van der Waals surface area (Å²) in [5.41, 5.74) is 2.34. The van der Waals surface area contributed by atoms with Crippen molar-refractivity contribution >= 4 is 10.0 Å². The Bertz CT molecular complexity index is 805. The van der Waals surface area contributed by atoms with E-state index in [1.807, 2.05) is 6.07 Å². The van der Waals surface area contributed by atoms with Crippen LogP contribution in [-0.4, -0.2) is 21.6 Å². The highest BCUT2D eigenvalue weighted by molar-refractivity contribution is 7.89. The number of sulfonamides is 1. The molecule has 3 rings (SSSR count). The first kappa shape index (κ1) is 16.0. The number of halogens is 1. The quantitative estimate of drug-likeness (QED) is 0.826. The third-order valence-corrected chi connectivity index (χ3v) is 5.33. The van der Waals surface area contributed by atoms with E-state index in [-0.39, 0.29) is 23.8 Å². The Kier molecular flexibility index (Phi) is 4.63. The molecule has 1 aliphatic rings. The predicted molar refractivity (Wildman–Crippen MR) is 85.6 cm³/mol. The average Bonchev–Trinajstić information content (AvgIpc) is 3.00. The molecule has 0 amide bonds. The van der Waals surface area contributed by atoms with E-state index in [9.17, 15) is 12.8 Å². The molecule has 1 aliphatic carbocycles. The zero-order chi connectivity index (χ0) is 16.3. The van der Waals surface area contributed by atoms with Crippen molar-refractivity contribution in [2.45, 2.75) is 24.2 Å². The predicted octanol–water partition coefficient (Wildman–Crippen LogP) is 2.67. The van der Waals surface area contributed by atoms with Crippen molar-refractivity contribution in [1.29, 1.82) is 0 Å². The molecule has 6 heteroatoms. The third kappa shape index (κ3) is 3.71. The fourth-order valence-corrected chi connectivity index (χ4v) is 3.76. The highest BCUT2D eigenvalue weighted by Crippen LogP contribution is 2.24. The Labute approximate surface area is 135 Å². The van der Waals surface area contributed by atoms with E-state index in [1.54, 1.807) is 24.3 Å². The minimum atomic E-state index is -3.57. The van der Waals surface area contributed by atoms with Crippen molar-refractivity contribution in [2.24, 2.45) is 0 Å². The zero-order valence-corrected chi connectivity index (χ0v) is 13.4. The van der Waals surface area contributed by atoms with Crippen LogP contribution in [0.25, 0.3) is 0 Å². The van der Waals surface area contributed by atoms with Crippen molar-refractivity contribution < 1.29 is 17.5 Å². The largest absolute Gasteiger partial charge is 0.489 e. The Morgan fingerprint density at radius 1 is 1.09 bits per heavy atom. The number of benzene rings is 2. The number of para-hydroxylation sites is 1. The molecule has 0 atom stereocenters. The Balaban J connectivity index is 1.58. The molecule has 2 aromatic rings. The second-order valence-corrected chi connectivity index (χ2v) is 7.23. The monoisotopic (exact) mass is 335 g/mol. The summed E-state index contributed by atoms with van der Waals surface area (Å²) in [5.74, 6) is -0.349. The molecule has 0 heterocycles. The zero-order valence-electron chi connectivity index (χ0n) is 12.6. The highest BCUT2D eigenvalue weighted by atomic mass is 32.2. The van der Waals surface area contributed by atoms with Gasteiger partial charge in [0.05, 0.1) is 4.90 Å². The van der Waals surface area contributed by atoms with Crippen molar-refractivity contribution in [3.05, 3.63) is 59.4 Å². The van der Waals surface area contributed by atoms with Gasteiger partial charge in [-0.05, 0) is 54.7 Å². The van der Waals surface area contributed by atoms with Gasteiger partial charge in [-0.2, -0.15) is 0 Å². The fraction of sp³-hybridized carbons (Fsp3) is 0.294. The van der Waals surface area contributed by atoms with Gasteiger partial charge < -0.3 is 4.74 Å². The third-order valence-electron chi connectivity index (χ3n) is 3.87. The highest BCUT2D eigenvalue weighted by Gasteiger charge is 2.18. The summed E-state index contributed by atoms with van der Waals surface area (Å²) in [6.45, 7) is 0.138. The molecule has 0 aliphatic heterocycles. The van der Waals surface area contributed by atoms with Gasteiger partial charge in [0.2, 0.25) is 10.0 Å². The SMILES string of the molecule is O=S(=O)(NCCOc1ccccc1F)c1ccc2c(c1)CCC2. The molecule has 0 saturated carbocycles. The summed E-state index contributed by atoms with van der Waals surface area (Å²) in [7, 11) is -3.57. The maximum absolute atomic E-state index is 13.4. The lowest BCUT2D eigenvalue weighted by Gasteiger charge is -2.10. The van der Waals surface area contributed by atoms with E-state index in [2.05, 4.69) is 4.72 Å². The molecule has 0 spiro atoms. The molecule has 4 nitrogen and oxygen atoms in total. The second kappa shape index (κ2) is 6.68. The molecule has 23 heavy (non-hydrogen) atoms. The van der Waals surface area contributed by atoms with Crippen LogP contribution >= 0.6 is 0 Å². The van der Waals surface area contributed by atoms with Gasteiger partial charge in [-0.1, -0.05) is 18.2 Å². The number of ether oxygens (including phenoxy) is 1. The van der Waals surface area contributed by atoms with Crippen molar-refractivity contribution in [3.8, 4) is 5.75 Å². The number of hydrogen-bond donors (Lipinski definition) is 1. The lowest BCUT2D eigenvalue weighted by molar-refractivity contribution is 0.306. The number of aryl methyl sites for hydroxylation is 2. The molecule has 122 valence electrons. The van der Waals surface area contributed by atoms with E-state index >= 15 is 0 Å². The van der Waals surface area contributed by atoms with Gasteiger partial charge >= 0.3 is 0 Å². The van der Waals surface area contributed by atoms with Gasteiger partial charge in [-0.25, -0.2) is 17.5 Å². The van der Waals surface area contributed by atoms with Crippen LogP contribution in [0.1, 0.15) is 17.5 Å². The molecule has 2 aromatic carbocycles. The van der Waals surface area contributed by atoms with Gasteiger partial charge in [-0.15, -0.1) is 0 Å². The summed E-state index contributed by atoms with van der Waals surface area (Å²) in [6, 6.07) is 11.3. The molecule has 1 N–H and O–H groups in total. The molecule has 0 bridgehead atoms. The first-order chi connectivity index (χ1) is 11.1. The van der Waals surface area contributed by atoms with Gasteiger partial charge in [0.1, 0.15) is 6.61 Å². The van der Waals surface area contributed by atoms with Crippen LogP contribution in [0.4, 0.5) is 4.39 Å². The molecular weight excluding hydrogens is 317 g/mol. The minimum Gasteiger partial charge on any atom is -0.489 e. The number of hydrogen-bond acceptors (Lipinski definition) is 3. The van der Waals surface area contributed by atoms with Gasteiger partial charge in [0.25, 0.3) is 0 Å². The summed E-state index contributed by atoms with van der Waals surface area (Å²) >= 11 is 0. The summed E-state index contributed by atoms with van der Waals surface area (Å²) < 4.78 is 45.6. The Hall–Kier alpha value is -1.92. The Morgan fingerprint density at radius 3 is 2.70 bits per heavy atom. The van der Waals surface area contributed by atoms with Crippen LogP contribution in [0.5, 0.6) is 5.75 Å². The van der Waals surface area contributed by atoms with Crippen LogP contribution in [-0.2, 0) is 22.9 Å². The molecule has 0 fully saturated rings. The molecule has 0 radical (unpaired) electrons. The molecule has 0 aromatic heterocycles. The van der Waals surface area contributed by atoms with Crippen molar-refractivity contribution in [1.82, 2.24) is 4.72 Å². The first-order valence-electron chi connectivity index (χ1n) is 7.55. The normalized spacial score (nSPS) is 13.8. The number of fused-ring (bicyclic) bond motifs is 1. The lowest BCUT2D eigenvalue weighted by Crippen LogP contribution is -2.28. The summed E-state index contributed by atoms with van der Waals surface area (Å²) in [6.07, 6.45) is 3.01. The average molecular weight is 335 g/mol. The Morgan fingerprint density at radius 2 is 1.87 bits per heavy atom. The standard InChI is InChI=1S/C17H18FNO3S/c18-16-6-1-2-7-17(16)22-11-10-19-23(20,21)15-9-8-13-4-3-5-14(13)12-15/h1-2,6-9,12,19H,3-5,10-11H2. The maximum atomic E-state index is 13.4. The first-order valence-corrected chi connectivity index (χ1v) is 9.03. The van der Waals surface area contributed by atoms with E-state index in [4.69, 9.17) is 4.74 Å². The minimum absolute atomic E-state index is 0.0606. The second-order valence-electron chi connectivity index (χ2n) is 5.46. The smallest absolute Gasteiger partial charge is 0.240 e. The van der Waals surface area contributed by atoms with Crippen LogP contribution in [0.15, 0.2) is 47.4 Å². The molecular formula is C17H18FNO3S. The van der Waals surface area contributed by atoms with Crippen molar-refractivity contribution in [3.63, 3.8) is 0 Å². The molecule has 0 unspecified atom stereocenters. The van der Waals surface area contributed by atoms with Crippen molar-refractivity contribution in [2.75, 3.05) is 13.2 Å². The van der Waals surface area contributed by atoms with E-state index < -0.39 is 15.8 Å². The van der Waals surface area contributed by atoms with Crippen LogP contribution in [0, 0.1) is 5.82 Å².